The minimum absolute atomic E-state index is 0.0970. The van der Waals surface area contributed by atoms with E-state index in [-0.39, 0.29) is 12.5 Å². The Kier molecular flexibility index (Phi) is 4.76. The molecule has 5 heteroatoms. The number of likely N-dealkylation sites (N-methyl/N-ethyl adjacent to an activating group) is 1. The first-order chi connectivity index (χ1) is 12.0. The van der Waals surface area contributed by atoms with E-state index in [1.54, 1.807) is 0 Å². The number of rotatable bonds is 5. The second kappa shape index (κ2) is 6.99. The molecule has 0 aliphatic heterocycles. The number of anilines is 2. The van der Waals surface area contributed by atoms with Crippen molar-refractivity contribution in [1.82, 2.24) is 0 Å². The molecule has 0 unspecified atom stereocenters. The smallest absolute Gasteiger partial charge is 0.291 e. The Morgan fingerprint density at radius 3 is 2.52 bits per heavy atom. The molecule has 0 saturated carbocycles. The summed E-state index contributed by atoms with van der Waals surface area (Å²) in [5, 5.41) is 12.8. The highest BCUT2D eigenvalue weighted by atomic mass is 16.3. The molecule has 0 spiro atoms. The van der Waals surface area contributed by atoms with Crippen molar-refractivity contribution in [2.45, 2.75) is 13.8 Å². The summed E-state index contributed by atoms with van der Waals surface area (Å²) in [4.78, 5) is 14.5. The van der Waals surface area contributed by atoms with E-state index >= 15 is 0 Å². The number of amides is 1. The Hall–Kier alpha value is -2.79. The third-order valence-electron chi connectivity index (χ3n) is 4.37. The molecule has 0 aliphatic rings. The van der Waals surface area contributed by atoms with Crippen LogP contribution in [0.25, 0.3) is 11.0 Å². The number of carbonyl (C=O) groups excluding carboxylic acids is 1. The van der Waals surface area contributed by atoms with Crippen LogP contribution in [0.3, 0.4) is 0 Å². The molecule has 0 aliphatic carbocycles. The van der Waals surface area contributed by atoms with Gasteiger partial charge in [-0.1, -0.05) is 18.2 Å². The van der Waals surface area contributed by atoms with Gasteiger partial charge in [0.05, 0.1) is 6.61 Å². The molecule has 2 N–H and O–H groups in total. The summed E-state index contributed by atoms with van der Waals surface area (Å²) in [6, 6.07) is 13.4. The number of para-hydroxylation sites is 1. The van der Waals surface area contributed by atoms with Crippen LogP contribution in [0.4, 0.5) is 11.4 Å². The molecule has 0 saturated heterocycles. The molecule has 25 heavy (non-hydrogen) atoms. The number of hydrogen-bond acceptors (Lipinski definition) is 4. The van der Waals surface area contributed by atoms with Crippen LogP contribution in [0.2, 0.25) is 0 Å². The molecule has 1 amide bonds. The van der Waals surface area contributed by atoms with E-state index in [9.17, 15) is 4.79 Å². The first-order valence-electron chi connectivity index (χ1n) is 8.23. The zero-order valence-corrected chi connectivity index (χ0v) is 14.7. The summed E-state index contributed by atoms with van der Waals surface area (Å²) in [7, 11) is 1.91. The average molecular weight is 338 g/mol. The van der Waals surface area contributed by atoms with Crippen LogP contribution in [0.1, 0.15) is 21.7 Å². The number of benzene rings is 2. The van der Waals surface area contributed by atoms with Crippen molar-refractivity contribution in [3.8, 4) is 0 Å². The Morgan fingerprint density at radius 1 is 1.16 bits per heavy atom. The number of aryl methyl sites for hydroxylation is 2. The zero-order valence-electron chi connectivity index (χ0n) is 14.7. The second-order valence-electron chi connectivity index (χ2n) is 6.15. The normalized spacial score (nSPS) is 10.9. The summed E-state index contributed by atoms with van der Waals surface area (Å²) in [6.07, 6.45) is 0. The van der Waals surface area contributed by atoms with E-state index in [2.05, 4.69) is 5.32 Å². The number of nitrogens with one attached hydrogen (secondary N) is 1. The molecule has 2 aromatic carbocycles. The van der Waals surface area contributed by atoms with Crippen LogP contribution in [-0.2, 0) is 0 Å². The maximum atomic E-state index is 12.6. The van der Waals surface area contributed by atoms with Gasteiger partial charge in [0, 0.05) is 35.9 Å². The second-order valence-corrected chi connectivity index (χ2v) is 6.15. The van der Waals surface area contributed by atoms with Crippen LogP contribution >= 0.6 is 0 Å². The molecular formula is C20H22N2O3. The molecule has 1 aromatic heterocycles. The fourth-order valence-electron chi connectivity index (χ4n) is 2.87. The Morgan fingerprint density at radius 2 is 1.88 bits per heavy atom. The fourth-order valence-corrected chi connectivity index (χ4v) is 2.87. The highest BCUT2D eigenvalue weighted by molar-refractivity contribution is 6.06. The maximum Gasteiger partial charge on any atom is 0.291 e. The van der Waals surface area contributed by atoms with Gasteiger partial charge < -0.3 is 19.7 Å². The van der Waals surface area contributed by atoms with Gasteiger partial charge in [0.15, 0.2) is 5.76 Å². The third kappa shape index (κ3) is 3.37. The van der Waals surface area contributed by atoms with Crippen molar-refractivity contribution in [3.05, 3.63) is 59.4 Å². The first kappa shape index (κ1) is 17.0. The molecular weight excluding hydrogens is 316 g/mol. The lowest BCUT2D eigenvalue weighted by Gasteiger charge is -2.18. The predicted octanol–water partition coefficient (Wildman–Crippen LogP) is 3.73. The van der Waals surface area contributed by atoms with E-state index in [1.165, 1.54) is 0 Å². The van der Waals surface area contributed by atoms with Gasteiger partial charge in [0.2, 0.25) is 0 Å². The Bertz CT molecular complexity index is 897. The van der Waals surface area contributed by atoms with E-state index in [0.717, 1.165) is 27.8 Å². The molecule has 3 aromatic rings. The van der Waals surface area contributed by atoms with Gasteiger partial charge in [-0.25, -0.2) is 0 Å². The summed E-state index contributed by atoms with van der Waals surface area (Å²) < 4.78 is 5.81. The Balaban J connectivity index is 1.81. The van der Waals surface area contributed by atoms with Crippen molar-refractivity contribution in [3.63, 3.8) is 0 Å². The number of hydrogen-bond donors (Lipinski definition) is 2. The molecule has 0 fully saturated rings. The zero-order chi connectivity index (χ0) is 18.0. The van der Waals surface area contributed by atoms with E-state index in [0.29, 0.717) is 18.0 Å². The Labute approximate surface area is 146 Å². The lowest BCUT2D eigenvalue weighted by atomic mass is 10.1. The number of carbonyl (C=O) groups is 1. The number of aliphatic hydroxyl groups excluding tert-OH is 1. The number of fused-ring (bicyclic) bond motifs is 1. The SMILES string of the molecule is Cc1c(C(=O)Nc2ccc(N(C)CCO)cc2)oc2c(C)cccc12. The molecule has 0 radical (unpaired) electrons. The van der Waals surface area contributed by atoms with Gasteiger partial charge in [0.1, 0.15) is 5.58 Å². The van der Waals surface area contributed by atoms with E-state index in [1.807, 2.05) is 68.3 Å². The molecule has 130 valence electrons. The van der Waals surface area contributed by atoms with Gasteiger partial charge >= 0.3 is 0 Å². The lowest BCUT2D eigenvalue weighted by Crippen LogP contribution is -2.21. The van der Waals surface area contributed by atoms with Crippen LogP contribution < -0.4 is 10.2 Å². The van der Waals surface area contributed by atoms with Crippen LogP contribution in [-0.4, -0.2) is 31.2 Å². The lowest BCUT2D eigenvalue weighted by molar-refractivity contribution is 0.0998. The van der Waals surface area contributed by atoms with Gasteiger partial charge in [-0.2, -0.15) is 0 Å². The van der Waals surface area contributed by atoms with E-state index < -0.39 is 0 Å². The number of nitrogens with zero attached hydrogens (tertiary/aromatic N) is 1. The van der Waals surface area contributed by atoms with Crippen LogP contribution in [0.5, 0.6) is 0 Å². The highest BCUT2D eigenvalue weighted by Crippen LogP contribution is 2.28. The quantitative estimate of drug-likeness (QED) is 0.744. The third-order valence-corrected chi connectivity index (χ3v) is 4.37. The van der Waals surface area contributed by atoms with Crippen molar-refractivity contribution in [1.29, 1.82) is 0 Å². The summed E-state index contributed by atoms with van der Waals surface area (Å²) in [5.74, 6) is 0.0790. The number of aliphatic hydroxyl groups is 1. The first-order valence-corrected chi connectivity index (χ1v) is 8.23. The van der Waals surface area contributed by atoms with Gasteiger partial charge in [-0.05, 0) is 43.7 Å². The standard InChI is InChI=1S/C20H22N2O3/c1-13-5-4-6-17-14(2)19(25-18(13)17)20(24)21-15-7-9-16(10-8-15)22(3)11-12-23/h4-10,23H,11-12H2,1-3H3,(H,21,24). The van der Waals surface area contributed by atoms with Crippen molar-refractivity contribution < 1.29 is 14.3 Å². The highest BCUT2D eigenvalue weighted by Gasteiger charge is 2.18. The van der Waals surface area contributed by atoms with Crippen molar-refractivity contribution >= 4 is 28.3 Å². The van der Waals surface area contributed by atoms with Crippen molar-refractivity contribution in [2.24, 2.45) is 0 Å². The average Bonchev–Trinajstić information content (AvgIpc) is 2.94. The fraction of sp³-hybridized carbons (Fsp3) is 0.250. The number of furan rings is 1. The monoisotopic (exact) mass is 338 g/mol. The largest absolute Gasteiger partial charge is 0.450 e. The summed E-state index contributed by atoms with van der Waals surface area (Å²) in [5.41, 5.74) is 4.28. The van der Waals surface area contributed by atoms with Gasteiger partial charge in [-0.3, -0.25) is 4.79 Å². The predicted molar refractivity (Wildman–Crippen MR) is 100 cm³/mol. The van der Waals surface area contributed by atoms with Crippen LogP contribution in [0, 0.1) is 13.8 Å². The maximum absolute atomic E-state index is 12.6. The van der Waals surface area contributed by atoms with Crippen molar-refractivity contribution in [2.75, 3.05) is 30.4 Å². The minimum atomic E-state index is -0.260. The molecule has 1 heterocycles. The minimum Gasteiger partial charge on any atom is -0.450 e. The topological polar surface area (TPSA) is 65.7 Å². The molecule has 5 nitrogen and oxygen atoms in total. The van der Waals surface area contributed by atoms with Crippen LogP contribution in [0.15, 0.2) is 46.9 Å². The van der Waals surface area contributed by atoms with Gasteiger partial charge in [-0.15, -0.1) is 0 Å². The summed E-state index contributed by atoms with van der Waals surface area (Å²) >= 11 is 0. The molecule has 0 bridgehead atoms. The molecule has 0 atom stereocenters. The summed E-state index contributed by atoms with van der Waals surface area (Å²) in [6.45, 7) is 4.52. The van der Waals surface area contributed by atoms with Gasteiger partial charge in [0.25, 0.3) is 5.91 Å². The van der Waals surface area contributed by atoms with E-state index in [4.69, 9.17) is 9.52 Å². The molecule has 3 rings (SSSR count).